The first-order chi connectivity index (χ1) is 4.69. The van der Waals surface area contributed by atoms with Crippen molar-refractivity contribution >= 4 is 26.3 Å². The van der Waals surface area contributed by atoms with Gasteiger partial charge in [0.25, 0.3) is 0 Å². The minimum atomic E-state index is 0.333. The maximum atomic E-state index is 3.19. The third-order valence-corrected chi connectivity index (χ3v) is 8.34. The molecular weight excluding hydrogens is 254 g/mol. The van der Waals surface area contributed by atoms with Gasteiger partial charge >= 0.3 is 74.6 Å². The third kappa shape index (κ3) is 1.57. The topological polar surface area (TPSA) is 0 Å². The first kappa shape index (κ1) is 8.61. The van der Waals surface area contributed by atoms with Crippen LogP contribution < -0.4 is 0 Å². The monoisotopic (exact) mass is 268 g/mol. The Morgan fingerprint density at radius 2 is 2.20 bits per heavy atom. The second-order valence-electron chi connectivity index (χ2n) is 2.85. The summed E-state index contributed by atoms with van der Waals surface area (Å²) in [5, 5.41) is 0. The van der Waals surface area contributed by atoms with Crippen molar-refractivity contribution in [1.82, 2.24) is 0 Å². The van der Waals surface area contributed by atoms with Crippen LogP contribution in [0.4, 0.5) is 0 Å². The number of allylic oxidation sites excluding steroid dienone is 4. The molecule has 0 heterocycles. The Morgan fingerprint density at radius 1 is 1.50 bits per heavy atom. The van der Waals surface area contributed by atoms with E-state index in [2.05, 4.69) is 51.8 Å². The molecule has 2 heteroatoms. The van der Waals surface area contributed by atoms with E-state index < -0.39 is 0 Å². The summed E-state index contributed by atoms with van der Waals surface area (Å²) in [5.41, 5.74) is 0. The second-order valence-corrected chi connectivity index (χ2v) is 7.24. The van der Waals surface area contributed by atoms with Gasteiger partial charge in [-0.15, -0.1) is 0 Å². The van der Waals surface area contributed by atoms with Gasteiger partial charge in [-0.25, -0.2) is 0 Å². The van der Waals surface area contributed by atoms with Crippen molar-refractivity contribution in [3.63, 3.8) is 0 Å². The summed E-state index contributed by atoms with van der Waals surface area (Å²) in [6.07, 6.45) is 8.91. The molecule has 0 radical (unpaired) electrons. The average molecular weight is 266 g/mol. The molecule has 1 rings (SSSR count). The molecule has 1 aliphatic rings. The molecule has 0 fully saturated rings. The number of hydrogen-bond acceptors (Lipinski definition) is 0. The van der Waals surface area contributed by atoms with Crippen molar-refractivity contribution in [3.8, 4) is 0 Å². The third-order valence-electron chi connectivity index (χ3n) is 2.06. The standard InChI is InChI=1S/C8H12Se2/c1-7-5-3-4-6-8(7,2)10-9/h3-7,10H,1-2H3. The summed E-state index contributed by atoms with van der Waals surface area (Å²) in [7, 11) is 0. The van der Waals surface area contributed by atoms with Crippen LogP contribution in [-0.4, -0.2) is 26.3 Å². The fraction of sp³-hybridized carbons (Fsp3) is 0.500. The van der Waals surface area contributed by atoms with Gasteiger partial charge in [-0.05, 0) is 0 Å². The molecule has 0 aromatic heterocycles. The molecule has 0 bridgehead atoms. The van der Waals surface area contributed by atoms with Gasteiger partial charge in [0.15, 0.2) is 0 Å². The molecule has 0 amide bonds. The van der Waals surface area contributed by atoms with Crippen LogP contribution in [0.1, 0.15) is 13.8 Å². The molecule has 2 unspecified atom stereocenters. The Hall–Kier alpha value is 0.519. The van der Waals surface area contributed by atoms with Gasteiger partial charge in [0.2, 0.25) is 0 Å². The summed E-state index contributed by atoms with van der Waals surface area (Å²) in [5.74, 6) is 0.707. The Morgan fingerprint density at radius 3 is 2.60 bits per heavy atom. The van der Waals surface area contributed by atoms with Gasteiger partial charge in [0.05, 0.1) is 0 Å². The molecule has 0 spiro atoms. The normalized spacial score (nSPS) is 38.4. The van der Waals surface area contributed by atoms with E-state index in [1.165, 1.54) is 0 Å². The Balaban J connectivity index is 2.87. The zero-order valence-corrected chi connectivity index (χ0v) is 9.83. The van der Waals surface area contributed by atoms with Crippen LogP contribution >= 0.6 is 0 Å². The van der Waals surface area contributed by atoms with Crippen LogP contribution in [0.15, 0.2) is 24.3 Å². The van der Waals surface area contributed by atoms with Gasteiger partial charge in [-0.2, -0.15) is 0 Å². The van der Waals surface area contributed by atoms with Gasteiger partial charge in [-0.3, -0.25) is 0 Å². The van der Waals surface area contributed by atoms with Crippen molar-refractivity contribution in [3.05, 3.63) is 24.3 Å². The van der Waals surface area contributed by atoms with Crippen molar-refractivity contribution in [1.29, 1.82) is 0 Å². The summed E-state index contributed by atoms with van der Waals surface area (Å²) >= 11 is 3.53. The summed E-state index contributed by atoms with van der Waals surface area (Å²) < 4.78 is 0.450. The van der Waals surface area contributed by atoms with Crippen molar-refractivity contribution in [2.75, 3.05) is 0 Å². The van der Waals surface area contributed by atoms with Gasteiger partial charge in [-0.1, -0.05) is 0 Å². The first-order valence-electron chi connectivity index (χ1n) is 3.39. The minimum absolute atomic E-state index is 0.333. The van der Waals surface area contributed by atoms with Crippen LogP contribution in [-0.2, 0) is 0 Å². The molecule has 0 aliphatic heterocycles. The van der Waals surface area contributed by atoms with Gasteiger partial charge < -0.3 is 0 Å². The predicted octanol–water partition coefficient (Wildman–Crippen LogP) is 1.45. The molecule has 10 heavy (non-hydrogen) atoms. The molecule has 0 aromatic rings. The number of hydrogen-bond donors (Lipinski definition) is 0. The van der Waals surface area contributed by atoms with Crippen LogP contribution in [0.25, 0.3) is 0 Å². The molecule has 0 saturated heterocycles. The SMILES string of the molecule is CC1C=CC=CC1(C)[SeH]=[Se]. The van der Waals surface area contributed by atoms with Gasteiger partial charge in [0, 0.05) is 0 Å². The quantitative estimate of drug-likeness (QED) is 0.630. The van der Waals surface area contributed by atoms with Crippen LogP contribution in [0, 0.1) is 5.92 Å². The predicted molar refractivity (Wildman–Crippen MR) is 48.7 cm³/mol. The zero-order chi connectivity index (χ0) is 7.61. The Bertz CT molecular complexity index is 193. The maximum absolute atomic E-state index is 3.19. The van der Waals surface area contributed by atoms with E-state index in [-0.39, 0.29) is 0 Å². The summed E-state index contributed by atoms with van der Waals surface area (Å²) in [4.78, 5) is 0. The molecular formula is C8H12Se2. The van der Waals surface area contributed by atoms with E-state index in [0.29, 0.717) is 22.8 Å². The summed E-state index contributed by atoms with van der Waals surface area (Å²) in [6.45, 7) is 4.61. The molecule has 0 aromatic carbocycles. The molecule has 0 nitrogen and oxygen atoms in total. The second kappa shape index (κ2) is 3.28. The molecule has 0 saturated carbocycles. The fourth-order valence-corrected chi connectivity index (χ4v) is 4.26. The van der Waals surface area contributed by atoms with E-state index in [1.54, 1.807) is 0 Å². The van der Waals surface area contributed by atoms with E-state index in [9.17, 15) is 0 Å². The van der Waals surface area contributed by atoms with Crippen LogP contribution in [0.5, 0.6) is 0 Å². The first-order valence-corrected chi connectivity index (χ1v) is 9.08. The van der Waals surface area contributed by atoms with Crippen molar-refractivity contribution < 1.29 is 0 Å². The van der Waals surface area contributed by atoms with E-state index in [0.717, 1.165) is 0 Å². The summed E-state index contributed by atoms with van der Waals surface area (Å²) in [6, 6.07) is 0. The average Bonchev–Trinajstić information content (AvgIpc) is 1.96. The zero-order valence-electron chi connectivity index (χ0n) is 6.24. The Labute approximate surface area is 74.6 Å². The van der Waals surface area contributed by atoms with Crippen LogP contribution in [0.2, 0.25) is 4.31 Å². The van der Waals surface area contributed by atoms with E-state index >= 15 is 0 Å². The van der Waals surface area contributed by atoms with E-state index in [1.807, 2.05) is 0 Å². The molecule has 2 atom stereocenters. The van der Waals surface area contributed by atoms with Crippen molar-refractivity contribution in [2.45, 2.75) is 18.2 Å². The fourth-order valence-electron chi connectivity index (χ4n) is 0.941. The Kier molecular flexibility index (Phi) is 2.82. The number of rotatable bonds is 1. The molecule has 56 valence electrons. The molecule has 1 aliphatic carbocycles. The van der Waals surface area contributed by atoms with Crippen molar-refractivity contribution in [2.24, 2.45) is 5.92 Å². The van der Waals surface area contributed by atoms with Gasteiger partial charge in [0.1, 0.15) is 0 Å². The van der Waals surface area contributed by atoms with E-state index in [4.69, 9.17) is 0 Å². The van der Waals surface area contributed by atoms with Crippen LogP contribution in [0.3, 0.4) is 0 Å². The molecule has 0 N–H and O–H groups in total.